The van der Waals surface area contributed by atoms with E-state index in [0.29, 0.717) is 15.1 Å². The first-order chi connectivity index (χ1) is 5.13. The zero-order chi connectivity index (χ0) is 8.43. The third-order valence-corrected chi connectivity index (χ3v) is 2.33. The molecule has 11 heavy (non-hydrogen) atoms. The van der Waals surface area contributed by atoms with E-state index in [-0.39, 0.29) is 0 Å². The molecule has 3 nitrogen and oxygen atoms in total. The molecule has 1 heterocycles. The van der Waals surface area contributed by atoms with Gasteiger partial charge in [-0.05, 0) is 29.5 Å². The fourth-order valence-electron chi connectivity index (χ4n) is 0.675. The lowest BCUT2D eigenvalue weighted by Crippen LogP contribution is -2.02. The van der Waals surface area contributed by atoms with Gasteiger partial charge < -0.3 is 5.73 Å². The first-order valence-electron chi connectivity index (χ1n) is 3.03. The maximum Gasteiger partial charge on any atom is 0.140 e. The Morgan fingerprint density at radius 1 is 1.64 bits per heavy atom. The van der Waals surface area contributed by atoms with E-state index in [9.17, 15) is 4.39 Å². The van der Waals surface area contributed by atoms with Gasteiger partial charge in [-0.15, -0.1) is 0 Å². The highest BCUT2D eigenvalue weighted by Crippen LogP contribution is 2.22. The average molecular weight is 267 g/mol. The minimum absolute atomic E-state index is 0.333. The number of hydrogen-bond acceptors (Lipinski definition) is 3. The average Bonchev–Trinajstić information content (AvgIpc) is 1.94. The third-order valence-electron chi connectivity index (χ3n) is 1.22. The van der Waals surface area contributed by atoms with Crippen LogP contribution in [0.1, 0.15) is 18.8 Å². The summed E-state index contributed by atoms with van der Waals surface area (Å²) in [5.74, 6) is 0.333. The van der Waals surface area contributed by atoms with Crippen molar-refractivity contribution >= 4 is 28.4 Å². The molecule has 0 aliphatic heterocycles. The van der Waals surface area contributed by atoms with Crippen molar-refractivity contribution in [1.82, 2.24) is 9.97 Å². The summed E-state index contributed by atoms with van der Waals surface area (Å²) < 4.78 is 13.3. The van der Waals surface area contributed by atoms with Crippen LogP contribution in [0.25, 0.3) is 0 Å². The van der Waals surface area contributed by atoms with Gasteiger partial charge in [-0.3, -0.25) is 0 Å². The lowest BCUT2D eigenvalue weighted by atomic mass is 10.3. The molecule has 5 heteroatoms. The van der Waals surface area contributed by atoms with Crippen LogP contribution in [0.3, 0.4) is 0 Å². The van der Waals surface area contributed by atoms with Crippen LogP contribution < -0.4 is 5.73 Å². The van der Waals surface area contributed by atoms with Crippen molar-refractivity contribution in [2.45, 2.75) is 13.1 Å². The lowest BCUT2D eigenvalue weighted by molar-refractivity contribution is 0.364. The molecule has 1 atom stereocenters. The summed E-state index contributed by atoms with van der Waals surface area (Å²) in [7, 11) is 0. The predicted octanol–water partition coefficient (Wildman–Crippen LogP) is 1.69. The molecule has 0 bridgehead atoms. The Labute approximate surface area is 77.4 Å². The Balaban J connectivity index is 3.17. The van der Waals surface area contributed by atoms with E-state index >= 15 is 0 Å². The summed E-state index contributed by atoms with van der Waals surface area (Å²) >= 11 is 1.93. The van der Waals surface area contributed by atoms with E-state index in [0.717, 1.165) is 0 Å². The Morgan fingerprint density at radius 2 is 2.27 bits per heavy atom. The van der Waals surface area contributed by atoms with E-state index in [4.69, 9.17) is 5.73 Å². The minimum Gasteiger partial charge on any atom is -0.383 e. The predicted molar refractivity (Wildman–Crippen MR) is 48.7 cm³/mol. The number of alkyl halides is 1. The number of nitrogens with two attached hydrogens (primary N) is 1. The molecule has 1 unspecified atom stereocenters. The Hall–Kier alpha value is -0.460. The van der Waals surface area contributed by atoms with Crippen molar-refractivity contribution in [2.24, 2.45) is 0 Å². The quantitative estimate of drug-likeness (QED) is 0.788. The number of rotatable bonds is 1. The first kappa shape index (κ1) is 8.63. The zero-order valence-corrected chi connectivity index (χ0v) is 8.04. The normalized spacial score (nSPS) is 13.0. The Kier molecular flexibility index (Phi) is 2.58. The maximum atomic E-state index is 12.7. The van der Waals surface area contributed by atoms with Crippen LogP contribution in [0.15, 0.2) is 6.33 Å². The van der Waals surface area contributed by atoms with Gasteiger partial charge >= 0.3 is 0 Å². The second kappa shape index (κ2) is 3.29. The van der Waals surface area contributed by atoms with Gasteiger partial charge in [0.25, 0.3) is 0 Å². The first-order valence-corrected chi connectivity index (χ1v) is 4.10. The van der Waals surface area contributed by atoms with E-state index in [1.807, 2.05) is 22.6 Å². The second-order valence-electron chi connectivity index (χ2n) is 2.07. The fourth-order valence-corrected chi connectivity index (χ4v) is 1.38. The molecule has 0 spiro atoms. The van der Waals surface area contributed by atoms with Crippen LogP contribution in [0.2, 0.25) is 0 Å². The van der Waals surface area contributed by atoms with E-state index in [2.05, 4.69) is 9.97 Å². The number of nitrogens with zero attached hydrogens (tertiary/aromatic N) is 2. The van der Waals surface area contributed by atoms with Crippen molar-refractivity contribution in [3.8, 4) is 0 Å². The fraction of sp³-hybridized carbons (Fsp3) is 0.333. The molecule has 1 rings (SSSR count). The van der Waals surface area contributed by atoms with Gasteiger partial charge in [0.2, 0.25) is 0 Å². The van der Waals surface area contributed by atoms with Gasteiger partial charge in [0, 0.05) is 0 Å². The standard InChI is InChI=1S/C6H7FIN3/c1-3(7)5-4(8)6(9)11-2-10-5/h2-3H,1H3,(H2,9,10,11). The molecule has 0 amide bonds. The van der Waals surface area contributed by atoms with Gasteiger partial charge in [0.15, 0.2) is 0 Å². The molecule has 0 fully saturated rings. The Bertz CT molecular complexity index is 264. The highest BCUT2D eigenvalue weighted by molar-refractivity contribution is 14.1. The van der Waals surface area contributed by atoms with E-state index in [1.54, 1.807) is 0 Å². The topological polar surface area (TPSA) is 51.8 Å². The summed E-state index contributed by atoms with van der Waals surface area (Å²) in [6.07, 6.45) is 0.176. The smallest absolute Gasteiger partial charge is 0.140 e. The summed E-state index contributed by atoms with van der Waals surface area (Å²) in [6.45, 7) is 1.42. The number of aromatic nitrogens is 2. The highest BCUT2D eigenvalue weighted by atomic mass is 127. The SMILES string of the molecule is CC(F)c1ncnc(N)c1I. The molecule has 0 aliphatic carbocycles. The molecule has 0 radical (unpaired) electrons. The van der Waals surface area contributed by atoms with Crippen LogP contribution in [0.5, 0.6) is 0 Å². The summed E-state index contributed by atoms with van der Waals surface area (Å²) in [5.41, 5.74) is 5.79. The molecule has 0 aromatic carbocycles. The number of nitrogen functional groups attached to an aromatic ring is 1. The van der Waals surface area contributed by atoms with E-state index in [1.165, 1.54) is 13.3 Å². The monoisotopic (exact) mass is 267 g/mol. The van der Waals surface area contributed by atoms with Crippen molar-refractivity contribution in [1.29, 1.82) is 0 Å². The molecule has 60 valence electrons. The molecular formula is C6H7FIN3. The molecule has 1 aromatic heterocycles. The van der Waals surface area contributed by atoms with Crippen LogP contribution in [0.4, 0.5) is 10.2 Å². The zero-order valence-electron chi connectivity index (χ0n) is 5.88. The summed E-state index contributed by atoms with van der Waals surface area (Å²) in [4.78, 5) is 7.48. The lowest BCUT2D eigenvalue weighted by Gasteiger charge is -2.04. The van der Waals surface area contributed by atoms with Crippen LogP contribution in [0, 0.1) is 3.57 Å². The van der Waals surface area contributed by atoms with Gasteiger partial charge in [0.05, 0.1) is 9.26 Å². The third kappa shape index (κ3) is 1.76. The highest BCUT2D eigenvalue weighted by Gasteiger charge is 2.11. The van der Waals surface area contributed by atoms with Crippen molar-refractivity contribution < 1.29 is 4.39 Å². The van der Waals surface area contributed by atoms with Crippen LogP contribution >= 0.6 is 22.6 Å². The van der Waals surface area contributed by atoms with Gasteiger partial charge in [0.1, 0.15) is 18.3 Å². The number of anilines is 1. The van der Waals surface area contributed by atoms with E-state index < -0.39 is 6.17 Å². The van der Waals surface area contributed by atoms with Gasteiger partial charge in [-0.25, -0.2) is 14.4 Å². The van der Waals surface area contributed by atoms with Crippen molar-refractivity contribution in [3.05, 3.63) is 15.6 Å². The maximum absolute atomic E-state index is 12.7. The van der Waals surface area contributed by atoms with Crippen molar-refractivity contribution in [2.75, 3.05) is 5.73 Å². The molecule has 2 N–H and O–H groups in total. The molecule has 0 saturated heterocycles. The second-order valence-corrected chi connectivity index (χ2v) is 3.15. The largest absolute Gasteiger partial charge is 0.383 e. The number of hydrogen-bond donors (Lipinski definition) is 1. The van der Waals surface area contributed by atoms with Crippen LogP contribution in [-0.2, 0) is 0 Å². The van der Waals surface area contributed by atoms with Gasteiger partial charge in [-0.1, -0.05) is 0 Å². The minimum atomic E-state index is -1.09. The van der Waals surface area contributed by atoms with Crippen molar-refractivity contribution in [3.63, 3.8) is 0 Å². The van der Waals surface area contributed by atoms with Crippen LogP contribution in [-0.4, -0.2) is 9.97 Å². The Morgan fingerprint density at radius 3 is 2.73 bits per heavy atom. The molecule has 1 aromatic rings. The molecular weight excluding hydrogens is 260 g/mol. The molecule has 0 aliphatic rings. The summed E-state index contributed by atoms with van der Waals surface area (Å²) in [5, 5.41) is 0. The number of halogens is 2. The summed E-state index contributed by atoms with van der Waals surface area (Å²) in [6, 6.07) is 0. The van der Waals surface area contributed by atoms with Gasteiger partial charge in [-0.2, -0.15) is 0 Å². The molecule has 0 saturated carbocycles.